The Kier molecular flexibility index (Phi) is 3.78. The van der Waals surface area contributed by atoms with E-state index in [2.05, 4.69) is 5.32 Å². The van der Waals surface area contributed by atoms with Crippen LogP contribution in [0.2, 0.25) is 0 Å². The molecular weight excluding hydrogens is 241 g/mol. The Bertz CT molecular complexity index is 450. The van der Waals surface area contributed by atoms with Crippen molar-refractivity contribution in [1.82, 2.24) is 5.32 Å². The van der Waals surface area contributed by atoms with Gasteiger partial charge < -0.3 is 5.32 Å². The van der Waals surface area contributed by atoms with Gasteiger partial charge in [-0.3, -0.25) is 9.59 Å². The Morgan fingerprint density at radius 1 is 1.53 bits per heavy atom. The highest BCUT2D eigenvalue weighted by Crippen LogP contribution is 2.23. The maximum atomic E-state index is 12.9. The number of rotatable bonds is 3. The van der Waals surface area contributed by atoms with Crippen molar-refractivity contribution in [1.29, 1.82) is 0 Å². The number of halogens is 1. The largest absolute Gasteiger partial charge is 0.351 e. The Morgan fingerprint density at radius 2 is 2.35 bits per heavy atom. The Hall–Kier alpha value is -1.36. The van der Waals surface area contributed by atoms with Crippen LogP contribution >= 0.6 is 11.8 Å². The van der Waals surface area contributed by atoms with Gasteiger partial charge in [0.15, 0.2) is 0 Å². The van der Waals surface area contributed by atoms with Crippen molar-refractivity contribution in [2.45, 2.75) is 18.2 Å². The van der Waals surface area contributed by atoms with E-state index in [0.717, 1.165) is 0 Å². The van der Waals surface area contributed by atoms with E-state index < -0.39 is 0 Å². The van der Waals surface area contributed by atoms with Gasteiger partial charge in [-0.2, -0.15) is 0 Å². The van der Waals surface area contributed by atoms with E-state index in [1.165, 1.54) is 23.9 Å². The monoisotopic (exact) mass is 253 g/mol. The number of ketones is 1. The van der Waals surface area contributed by atoms with Gasteiger partial charge in [-0.05, 0) is 17.7 Å². The second kappa shape index (κ2) is 5.31. The molecule has 0 spiro atoms. The maximum absolute atomic E-state index is 12.9. The third-order valence-electron chi connectivity index (χ3n) is 2.51. The molecule has 1 atom stereocenters. The molecule has 1 heterocycles. The van der Waals surface area contributed by atoms with Gasteiger partial charge >= 0.3 is 0 Å². The fourth-order valence-electron chi connectivity index (χ4n) is 1.64. The van der Waals surface area contributed by atoms with Crippen molar-refractivity contribution in [3.63, 3.8) is 0 Å². The Balaban J connectivity index is 1.86. The van der Waals surface area contributed by atoms with E-state index >= 15 is 0 Å². The van der Waals surface area contributed by atoms with Crippen molar-refractivity contribution in [2.24, 2.45) is 0 Å². The zero-order valence-corrected chi connectivity index (χ0v) is 9.93. The van der Waals surface area contributed by atoms with Gasteiger partial charge in [-0.25, -0.2) is 4.39 Å². The molecular formula is C12H12FNO2S. The number of nitrogens with one attached hydrogen (secondary N) is 1. The van der Waals surface area contributed by atoms with Crippen LogP contribution in [0.4, 0.5) is 4.39 Å². The van der Waals surface area contributed by atoms with Crippen LogP contribution in [-0.4, -0.2) is 22.7 Å². The van der Waals surface area contributed by atoms with Crippen molar-refractivity contribution in [3.8, 4) is 0 Å². The molecule has 0 aliphatic carbocycles. The SMILES string of the molecule is O=C1CSC(C(=O)NCc2cccc(F)c2)C1. The summed E-state index contributed by atoms with van der Waals surface area (Å²) in [7, 11) is 0. The topological polar surface area (TPSA) is 46.2 Å². The van der Waals surface area contributed by atoms with E-state index in [-0.39, 0.29) is 22.8 Å². The minimum atomic E-state index is -0.317. The molecule has 1 fully saturated rings. The summed E-state index contributed by atoms with van der Waals surface area (Å²) in [4.78, 5) is 22.7. The molecule has 90 valence electrons. The molecule has 0 radical (unpaired) electrons. The van der Waals surface area contributed by atoms with E-state index in [1.807, 2.05) is 0 Å². The lowest BCUT2D eigenvalue weighted by Gasteiger charge is -2.09. The molecule has 1 saturated heterocycles. The molecule has 0 saturated carbocycles. The van der Waals surface area contributed by atoms with E-state index in [9.17, 15) is 14.0 Å². The van der Waals surface area contributed by atoms with Crippen LogP contribution in [0.25, 0.3) is 0 Å². The highest BCUT2D eigenvalue weighted by Gasteiger charge is 2.28. The van der Waals surface area contributed by atoms with Gasteiger partial charge in [0.25, 0.3) is 0 Å². The van der Waals surface area contributed by atoms with Crippen LogP contribution in [0.15, 0.2) is 24.3 Å². The summed E-state index contributed by atoms with van der Waals surface area (Å²) < 4.78 is 12.9. The lowest BCUT2D eigenvalue weighted by Crippen LogP contribution is -2.31. The van der Waals surface area contributed by atoms with Crippen LogP contribution in [0.3, 0.4) is 0 Å². The van der Waals surface area contributed by atoms with Gasteiger partial charge in [-0.15, -0.1) is 11.8 Å². The van der Waals surface area contributed by atoms with E-state index in [0.29, 0.717) is 24.3 Å². The molecule has 1 amide bonds. The van der Waals surface area contributed by atoms with Crippen molar-refractivity contribution in [2.75, 3.05) is 5.75 Å². The predicted molar refractivity (Wildman–Crippen MR) is 64.1 cm³/mol. The number of benzene rings is 1. The molecule has 5 heteroatoms. The first-order valence-corrected chi connectivity index (χ1v) is 6.35. The summed E-state index contributed by atoms with van der Waals surface area (Å²) >= 11 is 1.36. The molecule has 1 unspecified atom stereocenters. The second-order valence-electron chi connectivity index (χ2n) is 3.89. The molecule has 0 bridgehead atoms. The lowest BCUT2D eigenvalue weighted by atomic mass is 10.2. The molecule has 3 nitrogen and oxygen atoms in total. The maximum Gasteiger partial charge on any atom is 0.233 e. The Labute approximate surface area is 103 Å². The van der Waals surface area contributed by atoms with E-state index in [4.69, 9.17) is 0 Å². The number of carbonyl (C=O) groups excluding carboxylic acids is 2. The fourth-order valence-corrected chi connectivity index (χ4v) is 2.68. The zero-order chi connectivity index (χ0) is 12.3. The summed E-state index contributed by atoms with van der Waals surface area (Å²) in [5, 5.41) is 2.43. The molecule has 2 rings (SSSR count). The van der Waals surface area contributed by atoms with Gasteiger partial charge in [0, 0.05) is 13.0 Å². The number of carbonyl (C=O) groups is 2. The smallest absolute Gasteiger partial charge is 0.233 e. The van der Waals surface area contributed by atoms with Crippen molar-refractivity contribution >= 4 is 23.5 Å². The van der Waals surface area contributed by atoms with Gasteiger partial charge in [-0.1, -0.05) is 12.1 Å². The van der Waals surface area contributed by atoms with E-state index in [1.54, 1.807) is 12.1 Å². The number of hydrogen-bond acceptors (Lipinski definition) is 3. The first-order valence-electron chi connectivity index (χ1n) is 5.30. The molecule has 1 aliphatic heterocycles. The standard InChI is InChI=1S/C12H12FNO2S/c13-9-3-1-2-8(4-9)6-14-12(16)11-5-10(15)7-17-11/h1-4,11H,5-7H2,(H,14,16). The lowest BCUT2D eigenvalue weighted by molar-refractivity contribution is -0.123. The highest BCUT2D eigenvalue weighted by molar-refractivity contribution is 8.01. The zero-order valence-electron chi connectivity index (χ0n) is 9.11. The normalized spacial score (nSPS) is 19.4. The summed E-state index contributed by atoms with van der Waals surface area (Å²) in [5.41, 5.74) is 0.715. The molecule has 1 N–H and O–H groups in total. The third-order valence-corrected chi connectivity index (χ3v) is 3.78. The first-order chi connectivity index (χ1) is 8.15. The third kappa shape index (κ3) is 3.30. The van der Waals surface area contributed by atoms with Crippen molar-refractivity contribution < 1.29 is 14.0 Å². The number of amides is 1. The van der Waals surface area contributed by atoms with Gasteiger partial charge in [0.1, 0.15) is 11.6 Å². The summed E-state index contributed by atoms with van der Waals surface area (Å²) in [6.45, 7) is 0.293. The minimum Gasteiger partial charge on any atom is -0.351 e. The average Bonchev–Trinajstić information content (AvgIpc) is 2.73. The number of Topliss-reactive ketones (excluding diaryl/α,β-unsaturated/α-hetero) is 1. The number of thioether (sulfide) groups is 1. The summed E-state index contributed by atoms with van der Waals surface area (Å²) in [5.74, 6) is 0.0612. The fraction of sp³-hybridized carbons (Fsp3) is 0.333. The van der Waals surface area contributed by atoms with Crippen molar-refractivity contribution in [3.05, 3.63) is 35.6 Å². The quantitative estimate of drug-likeness (QED) is 0.888. The first kappa shape index (κ1) is 12.1. The summed E-state index contributed by atoms with van der Waals surface area (Å²) in [6.07, 6.45) is 0.305. The van der Waals surface area contributed by atoms with Crippen LogP contribution in [0.1, 0.15) is 12.0 Å². The predicted octanol–water partition coefficient (Wildman–Crippen LogP) is 1.52. The minimum absolute atomic E-state index is 0.112. The van der Waals surface area contributed by atoms with Crippen LogP contribution in [-0.2, 0) is 16.1 Å². The highest BCUT2D eigenvalue weighted by atomic mass is 32.2. The van der Waals surface area contributed by atoms with Gasteiger partial charge in [0.05, 0.1) is 11.0 Å². The van der Waals surface area contributed by atoms with Gasteiger partial charge in [0.2, 0.25) is 5.91 Å². The molecule has 1 aromatic rings. The summed E-state index contributed by atoms with van der Waals surface area (Å²) in [6, 6.07) is 6.09. The second-order valence-corrected chi connectivity index (χ2v) is 5.08. The average molecular weight is 253 g/mol. The number of hydrogen-bond donors (Lipinski definition) is 1. The van der Waals surface area contributed by atoms with Crippen LogP contribution < -0.4 is 5.32 Å². The molecule has 1 aliphatic rings. The van der Waals surface area contributed by atoms with Crippen LogP contribution in [0.5, 0.6) is 0 Å². The molecule has 1 aromatic carbocycles. The molecule has 0 aromatic heterocycles. The Morgan fingerprint density at radius 3 is 3.00 bits per heavy atom. The van der Waals surface area contributed by atoms with Crippen LogP contribution in [0, 0.1) is 5.82 Å². The molecule has 17 heavy (non-hydrogen) atoms.